The Kier molecular flexibility index (Phi) is 9.01. The van der Waals surface area contributed by atoms with Gasteiger partial charge in [-0.1, -0.05) is 31.2 Å². The molecule has 0 atom stereocenters. The summed E-state index contributed by atoms with van der Waals surface area (Å²) in [5.74, 6) is 0. The van der Waals surface area contributed by atoms with E-state index in [1.165, 1.54) is 5.56 Å². The van der Waals surface area contributed by atoms with Gasteiger partial charge in [0.15, 0.2) is 0 Å². The molecule has 1 aliphatic heterocycles. The number of carbonyl (C=O) groups excluding carboxylic acids is 1. The second-order valence-electron chi connectivity index (χ2n) is 6.80. The van der Waals surface area contributed by atoms with Crippen LogP contribution in [0.3, 0.4) is 0 Å². The van der Waals surface area contributed by atoms with Gasteiger partial charge in [-0.2, -0.15) is 13.2 Å². The molecule has 0 saturated carbocycles. The summed E-state index contributed by atoms with van der Waals surface area (Å²) >= 11 is 0. The maximum Gasteiger partial charge on any atom is 0.411 e. The molecule has 2 N–H and O–H groups in total. The number of alkyl halides is 3. The second kappa shape index (κ2) is 11.2. The average molecular weight is 402 g/mol. The number of carbonyl (C=O) groups is 1. The Morgan fingerprint density at radius 2 is 1.64 bits per heavy atom. The summed E-state index contributed by atoms with van der Waals surface area (Å²) < 4.78 is 40.2. The molecule has 1 saturated heterocycles. The van der Waals surface area contributed by atoms with Gasteiger partial charge in [0, 0.05) is 45.8 Å². The van der Waals surface area contributed by atoms with Gasteiger partial charge in [0.1, 0.15) is 6.61 Å². The van der Waals surface area contributed by atoms with Crippen LogP contribution in [0.25, 0.3) is 0 Å². The lowest BCUT2D eigenvalue weighted by Crippen LogP contribution is -2.45. The minimum Gasteiger partial charge on any atom is -0.370 e. The maximum absolute atomic E-state index is 11.9. The van der Waals surface area contributed by atoms with Crippen LogP contribution in [0, 0.1) is 0 Å². The number of nitrogens with one attached hydrogen (secondary N) is 2. The monoisotopic (exact) mass is 402 g/mol. The standard InChI is InChI=1S/C19H29F3N4O2/c1-2-25-8-10-26(11-9-25)14-17-5-3-16(4-6-17)13-24-18(27)23-7-12-28-15-19(20,21)22/h3-6H,2,7-15H2,1H3,(H2,23,24,27). The number of ether oxygens (including phenoxy) is 1. The number of benzene rings is 1. The number of nitrogens with zero attached hydrogens (tertiary/aromatic N) is 2. The number of halogens is 3. The fourth-order valence-corrected chi connectivity index (χ4v) is 2.95. The highest BCUT2D eigenvalue weighted by molar-refractivity contribution is 5.73. The summed E-state index contributed by atoms with van der Waals surface area (Å²) in [4.78, 5) is 16.5. The highest BCUT2D eigenvalue weighted by Crippen LogP contribution is 2.14. The van der Waals surface area contributed by atoms with E-state index in [1.807, 2.05) is 12.1 Å². The molecular formula is C19H29F3N4O2. The Hall–Kier alpha value is -1.84. The first-order valence-corrected chi connectivity index (χ1v) is 9.54. The number of amides is 2. The van der Waals surface area contributed by atoms with Crippen LogP contribution in [0.5, 0.6) is 0 Å². The first-order chi connectivity index (χ1) is 13.4. The van der Waals surface area contributed by atoms with Crippen LogP contribution in [0.1, 0.15) is 18.1 Å². The number of urea groups is 1. The minimum atomic E-state index is -4.35. The Morgan fingerprint density at radius 3 is 2.25 bits per heavy atom. The van der Waals surface area contributed by atoms with Crippen LogP contribution in [0.15, 0.2) is 24.3 Å². The Bertz CT molecular complexity index is 588. The van der Waals surface area contributed by atoms with Crippen molar-refractivity contribution < 1.29 is 22.7 Å². The van der Waals surface area contributed by atoms with Crippen molar-refractivity contribution in [3.05, 3.63) is 35.4 Å². The molecule has 1 aromatic carbocycles. The Labute approximate surface area is 164 Å². The van der Waals surface area contributed by atoms with Crippen molar-refractivity contribution in [3.63, 3.8) is 0 Å². The van der Waals surface area contributed by atoms with Crippen molar-refractivity contribution in [2.75, 3.05) is 52.5 Å². The van der Waals surface area contributed by atoms with Crippen LogP contribution in [0.4, 0.5) is 18.0 Å². The molecule has 0 unspecified atom stereocenters. The molecule has 1 heterocycles. The first kappa shape index (κ1) is 22.4. The van der Waals surface area contributed by atoms with E-state index < -0.39 is 18.8 Å². The van der Waals surface area contributed by atoms with Gasteiger partial charge in [-0.3, -0.25) is 4.90 Å². The molecule has 2 rings (SSSR count). The van der Waals surface area contributed by atoms with Crippen molar-refractivity contribution in [1.82, 2.24) is 20.4 Å². The molecule has 1 aliphatic rings. The van der Waals surface area contributed by atoms with Crippen molar-refractivity contribution in [2.45, 2.75) is 26.2 Å². The molecule has 0 aromatic heterocycles. The molecule has 0 radical (unpaired) electrons. The average Bonchev–Trinajstić information content (AvgIpc) is 2.67. The lowest BCUT2D eigenvalue weighted by molar-refractivity contribution is -0.173. The maximum atomic E-state index is 11.9. The van der Waals surface area contributed by atoms with Crippen LogP contribution >= 0.6 is 0 Å². The van der Waals surface area contributed by atoms with E-state index in [0.717, 1.165) is 44.8 Å². The van der Waals surface area contributed by atoms with Crippen molar-refractivity contribution in [3.8, 4) is 0 Å². The molecule has 28 heavy (non-hydrogen) atoms. The summed E-state index contributed by atoms with van der Waals surface area (Å²) in [6.07, 6.45) is -4.35. The number of hydrogen-bond acceptors (Lipinski definition) is 4. The van der Waals surface area contributed by atoms with E-state index in [1.54, 1.807) is 0 Å². The number of hydrogen-bond donors (Lipinski definition) is 2. The van der Waals surface area contributed by atoms with Gasteiger partial charge in [-0.15, -0.1) is 0 Å². The molecule has 9 heteroatoms. The quantitative estimate of drug-likeness (QED) is 0.622. The van der Waals surface area contributed by atoms with Crippen molar-refractivity contribution in [2.24, 2.45) is 0 Å². The highest BCUT2D eigenvalue weighted by Gasteiger charge is 2.27. The van der Waals surface area contributed by atoms with E-state index in [-0.39, 0.29) is 13.2 Å². The van der Waals surface area contributed by atoms with Crippen molar-refractivity contribution in [1.29, 1.82) is 0 Å². The smallest absolute Gasteiger partial charge is 0.370 e. The van der Waals surface area contributed by atoms with E-state index in [0.29, 0.717) is 6.54 Å². The third-order valence-electron chi connectivity index (χ3n) is 4.59. The predicted molar refractivity (Wildman–Crippen MR) is 101 cm³/mol. The zero-order chi connectivity index (χ0) is 20.4. The van der Waals surface area contributed by atoms with Gasteiger partial charge >= 0.3 is 12.2 Å². The largest absolute Gasteiger partial charge is 0.411 e. The van der Waals surface area contributed by atoms with Crippen LogP contribution in [-0.4, -0.2) is 74.5 Å². The molecule has 158 valence electrons. The van der Waals surface area contributed by atoms with Gasteiger partial charge in [0.05, 0.1) is 6.61 Å². The zero-order valence-corrected chi connectivity index (χ0v) is 16.2. The summed E-state index contributed by atoms with van der Waals surface area (Å²) in [5.41, 5.74) is 2.20. The van der Waals surface area contributed by atoms with Gasteiger partial charge in [-0.25, -0.2) is 4.79 Å². The molecule has 0 aliphatic carbocycles. The molecule has 0 bridgehead atoms. The zero-order valence-electron chi connectivity index (χ0n) is 16.2. The van der Waals surface area contributed by atoms with Gasteiger partial charge in [0.25, 0.3) is 0 Å². The van der Waals surface area contributed by atoms with Gasteiger partial charge in [0.2, 0.25) is 0 Å². The fraction of sp³-hybridized carbons (Fsp3) is 0.632. The summed E-state index contributed by atoms with van der Waals surface area (Å²) in [7, 11) is 0. The summed E-state index contributed by atoms with van der Waals surface area (Å²) in [5, 5.41) is 5.13. The van der Waals surface area contributed by atoms with E-state index in [2.05, 4.69) is 44.2 Å². The highest BCUT2D eigenvalue weighted by atomic mass is 19.4. The fourth-order valence-electron chi connectivity index (χ4n) is 2.95. The third kappa shape index (κ3) is 8.90. The lowest BCUT2D eigenvalue weighted by Gasteiger charge is -2.34. The molecular weight excluding hydrogens is 373 g/mol. The lowest BCUT2D eigenvalue weighted by atomic mass is 10.1. The number of likely N-dealkylation sites (N-methyl/N-ethyl adjacent to an activating group) is 1. The van der Waals surface area contributed by atoms with Crippen LogP contribution in [-0.2, 0) is 17.8 Å². The van der Waals surface area contributed by atoms with Gasteiger partial charge in [-0.05, 0) is 17.7 Å². The second-order valence-corrected chi connectivity index (χ2v) is 6.80. The molecule has 2 amide bonds. The van der Waals surface area contributed by atoms with E-state index in [9.17, 15) is 18.0 Å². The van der Waals surface area contributed by atoms with Crippen LogP contribution < -0.4 is 10.6 Å². The number of rotatable bonds is 9. The first-order valence-electron chi connectivity index (χ1n) is 9.54. The SMILES string of the molecule is CCN1CCN(Cc2ccc(CNC(=O)NCCOCC(F)(F)F)cc2)CC1. The van der Waals surface area contributed by atoms with Gasteiger partial charge < -0.3 is 20.3 Å². The molecule has 6 nitrogen and oxygen atoms in total. The van der Waals surface area contributed by atoms with E-state index in [4.69, 9.17) is 0 Å². The number of piperazine rings is 1. The summed E-state index contributed by atoms with van der Waals surface area (Å²) in [6.45, 7) is 7.44. The Balaban J connectivity index is 1.61. The normalized spacial score (nSPS) is 16.1. The summed E-state index contributed by atoms with van der Waals surface area (Å²) in [6, 6.07) is 7.64. The predicted octanol–water partition coefficient (Wildman–Crippen LogP) is 2.20. The molecule has 0 spiro atoms. The van der Waals surface area contributed by atoms with Crippen LogP contribution in [0.2, 0.25) is 0 Å². The van der Waals surface area contributed by atoms with Crippen molar-refractivity contribution >= 4 is 6.03 Å². The van der Waals surface area contributed by atoms with E-state index >= 15 is 0 Å². The third-order valence-corrected chi connectivity index (χ3v) is 4.59. The minimum absolute atomic E-state index is 0.0200. The molecule has 1 aromatic rings. The molecule has 1 fully saturated rings. The topological polar surface area (TPSA) is 56.8 Å². The Morgan fingerprint density at radius 1 is 1.04 bits per heavy atom.